The fraction of sp³-hybridized carbons (Fsp3) is 0.417. The highest BCUT2D eigenvalue weighted by Crippen LogP contribution is 2.35. The minimum Gasteiger partial charge on any atom is -0.490 e. The van der Waals surface area contributed by atoms with Crippen molar-refractivity contribution in [1.82, 2.24) is 5.32 Å². The number of alkyl halides is 3. The van der Waals surface area contributed by atoms with Crippen LogP contribution in [0.4, 0.5) is 13.2 Å². The molecule has 3 nitrogen and oxygen atoms in total. The molecule has 0 aromatic heterocycles. The SMILES string of the molecule is CCNC(C#N)COc1ccccc1C(F)(F)F. The number of rotatable bonds is 5. The predicted octanol–water partition coefficient (Wildman–Crippen LogP) is 2.59. The quantitative estimate of drug-likeness (QED) is 0.882. The van der Waals surface area contributed by atoms with Crippen molar-refractivity contribution in [3.63, 3.8) is 0 Å². The number of nitrogens with one attached hydrogen (secondary N) is 1. The Morgan fingerprint density at radius 2 is 2.06 bits per heavy atom. The van der Waals surface area contributed by atoms with Crippen LogP contribution in [0, 0.1) is 11.3 Å². The molecule has 1 atom stereocenters. The Kier molecular flexibility index (Phi) is 4.98. The molecule has 0 aliphatic rings. The second-order valence-electron chi connectivity index (χ2n) is 3.54. The maximum Gasteiger partial charge on any atom is 0.419 e. The van der Waals surface area contributed by atoms with Crippen LogP contribution >= 0.6 is 0 Å². The van der Waals surface area contributed by atoms with Crippen molar-refractivity contribution in [2.24, 2.45) is 0 Å². The zero-order valence-electron chi connectivity index (χ0n) is 9.79. The number of ether oxygens (including phenoxy) is 1. The van der Waals surface area contributed by atoms with Gasteiger partial charge in [-0.1, -0.05) is 19.1 Å². The molecule has 0 aliphatic carbocycles. The van der Waals surface area contributed by atoms with E-state index in [1.807, 2.05) is 6.07 Å². The predicted molar refractivity (Wildman–Crippen MR) is 60.0 cm³/mol. The summed E-state index contributed by atoms with van der Waals surface area (Å²) in [6.45, 7) is 2.22. The van der Waals surface area contributed by atoms with Gasteiger partial charge in [-0.05, 0) is 18.7 Å². The van der Waals surface area contributed by atoms with Gasteiger partial charge in [0.05, 0.1) is 11.6 Å². The number of para-hydroxylation sites is 1. The molecule has 1 aromatic carbocycles. The smallest absolute Gasteiger partial charge is 0.419 e. The standard InChI is InChI=1S/C12H13F3N2O/c1-2-17-9(7-16)8-18-11-6-4-3-5-10(11)12(13,14)15/h3-6,9,17H,2,8H2,1H3. The number of halogens is 3. The van der Waals surface area contributed by atoms with Crippen molar-refractivity contribution in [2.45, 2.75) is 19.1 Å². The summed E-state index contributed by atoms with van der Waals surface area (Å²) >= 11 is 0. The summed E-state index contributed by atoms with van der Waals surface area (Å²) in [5.41, 5.74) is -0.835. The summed E-state index contributed by atoms with van der Waals surface area (Å²) in [7, 11) is 0. The van der Waals surface area contributed by atoms with Crippen molar-refractivity contribution in [3.05, 3.63) is 29.8 Å². The highest BCUT2D eigenvalue weighted by atomic mass is 19.4. The molecular formula is C12H13F3N2O. The van der Waals surface area contributed by atoms with E-state index in [0.29, 0.717) is 6.54 Å². The van der Waals surface area contributed by atoms with Crippen LogP contribution in [-0.2, 0) is 6.18 Å². The molecule has 1 N–H and O–H groups in total. The van der Waals surface area contributed by atoms with Crippen LogP contribution in [0.3, 0.4) is 0 Å². The number of hydrogen-bond acceptors (Lipinski definition) is 3. The lowest BCUT2D eigenvalue weighted by molar-refractivity contribution is -0.139. The van der Waals surface area contributed by atoms with Crippen molar-refractivity contribution < 1.29 is 17.9 Å². The average Bonchev–Trinajstić information content (AvgIpc) is 2.33. The van der Waals surface area contributed by atoms with Crippen LogP contribution in [-0.4, -0.2) is 19.2 Å². The van der Waals surface area contributed by atoms with E-state index in [2.05, 4.69) is 5.32 Å². The molecule has 6 heteroatoms. The Bertz CT molecular complexity index is 426. The molecule has 1 rings (SSSR count). The third kappa shape index (κ3) is 3.93. The highest BCUT2D eigenvalue weighted by molar-refractivity contribution is 5.35. The Morgan fingerprint density at radius 1 is 1.39 bits per heavy atom. The maximum atomic E-state index is 12.6. The molecule has 0 spiro atoms. The molecule has 0 radical (unpaired) electrons. The maximum absolute atomic E-state index is 12.6. The molecule has 0 amide bonds. The first kappa shape index (κ1) is 14.3. The summed E-state index contributed by atoms with van der Waals surface area (Å²) in [5, 5.41) is 11.5. The third-order valence-electron chi connectivity index (χ3n) is 2.20. The summed E-state index contributed by atoms with van der Waals surface area (Å²) in [6.07, 6.45) is -4.46. The number of nitriles is 1. The normalized spacial score (nSPS) is 12.8. The van der Waals surface area contributed by atoms with Crippen LogP contribution in [0.5, 0.6) is 5.75 Å². The highest BCUT2D eigenvalue weighted by Gasteiger charge is 2.34. The van der Waals surface area contributed by atoms with Crippen molar-refractivity contribution in [2.75, 3.05) is 13.2 Å². The summed E-state index contributed by atoms with van der Waals surface area (Å²) in [6, 6.07) is 6.22. The minimum atomic E-state index is -4.46. The monoisotopic (exact) mass is 258 g/mol. The topological polar surface area (TPSA) is 45.0 Å². The largest absolute Gasteiger partial charge is 0.490 e. The number of benzene rings is 1. The number of hydrogen-bond donors (Lipinski definition) is 1. The fourth-order valence-electron chi connectivity index (χ4n) is 1.39. The second-order valence-corrected chi connectivity index (χ2v) is 3.54. The van der Waals surface area contributed by atoms with Gasteiger partial charge in [-0.2, -0.15) is 18.4 Å². The van der Waals surface area contributed by atoms with Crippen LogP contribution in [0.15, 0.2) is 24.3 Å². The molecule has 0 fully saturated rings. The summed E-state index contributed by atoms with van der Waals surface area (Å²) < 4.78 is 43.0. The number of likely N-dealkylation sites (N-methyl/N-ethyl adjacent to an activating group) is 1. The van der Waals surface area contributed by atoms with E-state index < -0.39 is 17.8 Å². The fourth-order valence-corrected chi connectivity index (χ4v) is 1.39. The van der Waals surface area contributed by atoms with Gasteiger partial charge in [0.25, 0.3) is 0 Å². The van der Waals surface area contributed by atoms with E-state index in [0.717, 1.165) is 6.07 Å². The Hall–Kier alpha value is -1.74. The molecule has 0 saturated heterocycles. The van der Waals surface area contributed by atoms with Crippen LogP contribution in [0.1, 0.15) is 12.5 Å². The van der Waals surface area contributed by atoms with Crippen LogP contribution in [0.2, 0.25) is 0 Å². The minimum absolute atomic E-state index is 0.128. The lowest BCUT2D eigenvalue weighted by atomic mass is 10.2. The molecule has 1 aromatic rings. The van der Waals surface area contributed by atoms with E-state index in [9.17, 15) is 13.2 Å². The molecule has 0 saturated carbocycles. The molecule has 1 unspecified atom stereocenters. The molecule has 0 heterocycles. The Labute approximate surface area is 103 Å². The first-order valence-corrected chi connectivity index (χ1v) is 5.41. The van der Waals surface area contributed by atoms with E-state index in [1.54, 1.807) is 6.92 Å². The van der Waals surface area contributed by atoms with Gasteiger partial charge in [-0.15, -0.1) is 0 Å². The Balaban J connectivity index is 2.77. The molecule has 0 aliphatic heterocycles. The Morgan fingerprint density at radius 3 is 2.61 bits per heavy atom. The van der Waals surface area contributed by atoms with Gasteiger partial charge in [-0.3, -0.25) is 5.32 Å². The lowest BCUT2D eigenvalue weighted by Gasteiger charge is -2.15. The second kappa shape index (κ2) is 6.26. The van der Waals surface area contributed by atoms with Crippen molar-refractivity contribution >= 4 is 0 Å². The van der Waals surface area contributed by atoms with Gasteiger partial charge in [0.15, 0.2) is 0 Å². The van der Waals surface area contributed by atoms with E-state index in [1.165, 1.54) is 18.2 Å². The van der Waals surface area contributed by atoms with E-state index >= 15 is 0 Å². The van der Waals surface area contributed by atoms with E-state index in [-0.39, 0.29) is 12.4 Å². The average molecular weight is 258 g/mol. The van der Waals surface area contributed by atoms with Gasteiger partial charge in [0, 0.05) is 0 Å². The molecule has 98 valence electrons. The van der Waals surface area contributed by atoms with E-state index in [4.69, 9.17) is 10.00 Å². The lowest BCUT2D eigenvalue weighted by Crippen LogP contribution is -2.33. The van der Waals surface area contributed by atoms with Crippen molar-refractivity contribution in [1.29, 1.82) is 5.26 Å². The zero-order chi connectivity index (χ0) is 13.6. The molecular weight excluding hydrogens is 245 g/mol. The first-order chi connectivity index (χ1) is 8.49. The van der Waals surface area contributed by atoms with Gasteiger partial charge < -0.3 is 4.74 Å². The van der Waals surface area contributed by atoms with Gasteiger partial charge in [-0.25, -0.2) is 0 Å². The molecule has 18 heavy (non-hydrogen) atoms. The van der Waals surface area contributed by atoms with Gasteiger partial charge in [0.1, 0.15) is 18.4 Å². The van der Waals surface area contributed by atoms with Crippen LogP contribution < -0.4 is 10.1 Å². The van der Waals surface area contributed by atoms with Crippen molar-refractivity contribution in [3.8, 4) is 11.8 Å². The summed E-state index contributed by atoms with van der Waals surface area (Å²) in [5.74, 6) is -0.261. The first-order valence-electron chi connectivity index (χ1n) is 5.41. The van der Waals surface area contributed by atoms with Gasteiger partial charge in [0.2, 0.25) is 0 Å². The summed E-state index contributed by atoms with van der Waals surface area (Å²) in [4.78, 5) is 0. The number of nitrogens with zero attached hydrogens (tertiary/aromatic N) is 1. The third-order valence-corrected chi connectivity index (χ3v) is 2.20. The zero-order valence-corrected chi connectivity index (χ0v) is 9.79. The van der Waals surface area contributed by atoms with Crippen LogP contribution in [0.25, 0.3) is 0 Å². The van der Waals surface area contributed by atoms with Gasteiger partial charge >= 0.3 is 6.18 Å². The molecule has 0 bridgehead atoms.